The van der Waals surface area contributed by atoms with Gasteiger partial charge in [0.2, 0.25) is 0 Å². The molecule has 0 radical (unpaired) electrons. The lowest BCUT2D eigenvalue weighted by Gasteiger charge is -2.05. The van der Waals surface area contributed by atoms with Crippen LogP contribution in [0, 0.1) is 24.0 Å². The summed E-state index contributed by atoms with van der Waals surface area (Å²) in [6.07, 6.45) is 8.22. The molecule has 0 saturated carbocycles. The number of aromatic nitrogens is 1. The summed E-state index contributed by atoms with van der Waals surface area (Å²) in [6, 6.07) is 4.82. The van der Waals surface area contributed by atoms with Crippen LogP contribution in [0.4, 0.5) is 8.78 Å². The van der Waals surface area contributed by atoms with Gasteiger partial charge in [-0.25, -0.2) is 8.78 Å². The Morgan fingerprint density at radius 3 is 2.69 bits per heavy atom. The third-order valence-electron chi connectivity index (χ3n) is 2.20. The maximum atomic E-state index is 13.5. The Kier molecular flexibility index (Phi) is 2.65. The molecule has 0 fully saturated rings. The van der Waals surface area contributed by atoms with Gasteiger partial charge in [0.15, 0.2) is 0 Å². The Morgan fingerprint density at radius 1 is 1.12 bits per heavy atom. The molecule has 0 aliphatic rings. The fourth-order valence-electron chi connectivity index (χ4n) is 1.44. The summed E-state index contributed by atoms with van der Waals surface area (Å²) in [5, 5.41) is 0. The highest BCUT2D eigenvalue weighted by Crippen LogP contribution is 2.25. The molecule has 0 amide bonds. The zero-order valence-corrected chi connectivity index (χ0v) is 8.24. The van der Waals surface area contributed by atoms with Crippen LogP contribution < -0.4 is 0 Å². The van der Waals surface area contributed by atoms with E-state index in [1.165, 1.54) is 12.4 Å². The summed E-state index contributed by atoms with van der Waals surface area (Å²) in [5.41, 5.74) is 1.03. The summed E-state index contributed by atoms with van der Waals surface area (Å²) in [7, 11) is 0. The number of hydrogen-bond acceptors (Lipinski definition) is 1. The number of pyridine rings is 1. The minimum Gasteiger partial charge on any atom is -0.264 e. The third-order valence-corrected chi connectivity index (χ3v) is 2.20. The van der Waals surface area contributed by atoms with Crippen LogP contribution in [-0.2, 0) is 0 Å². The van der Waals surface area contributed by atoms with Crippen molar-refractivity contribution in [1.29, 1.82) is 0 Å². The molecular formula is C13H7F2N. The van der Waals surface area contributed by atoms with E-state index in [1.807, 2.05) is 0 Å². The minimum atomic E-state index is -0.522. The van der Waals surface area contributed by atoms with Gasteiger partial charge in [0, 0.05) is 29.1 Å². The van der Waals surface area contributed by atoms with Crippen LogP contribution in [0.5, 0.6) is 0 Å². The predicted molar refractivity (Wildman–Crippen MR) is 57.5 cm³/mol. The van der Waals surface area contributed by atoms with E-state index in [1.54, 1.807) is 6.07 Å². The highest BCUT2D eigenvalue weighted by molar-refractivity contribution is 5.70. The first-order chi connectivity index (χ1) is 7.72. The van der Waals surface area contributed by atoms with Crippen LogP contribution in [0.1, 0.15) is 5.56 Å². The molecule has 0 N–H and O–H groups in total. The van der Waals surface area contributed by atoms with Crippen molar-refractivity contribution < 1.29 is 8.78 Å². The molecule has 0 saturated heterocycles. The van der Waals surface area contributed by atoms with Gasteiger partial charge in [0.05, 0.1) is 0 Å². The standard InChI is InChI=1S/C13H7F2N/c1-2-9-5-6-16-8-12(9)11-7-10(14)3-4-13(11)15/h1,3-8H. The molecule has 2 aromatic rings. The number of nitrogens with zero attached hydrogens (tertiary/aromatic N) is 1. The molecule has 78 valence electrons. The highest BCUT2D eigenvalue weighted by atomic mass is 19.1. The van der Waals surface area contributed by atoms with Gasteiger partial charge in [-0.05, 0) is 24.3 Å². The van der Waals surface area contributed by atoms with Crippen molar-refractivity contribution in [2.24, 2.45) is 0 Å². The molecule has 1 aromatic carbocycles. The molecule has 3 heteroatoms. The average molecular weight is 215 g/mol. The van der Waals surface area contributed by atoms with Gasteiger partial charge >= 0.3 is 0 Å². The van der Waals surface area contributed by atoms with E-state index < -0.39 is 11.6 Å². The molecule has 0 aliphatic heterocycles. The maximum absolute atomic E-state index is 13.5. The van der Waals surface area contributed by atoms with Crippen LogP contribution in [0.3, 0.4) is 0 Å². The van der Waals surface area contributed by atoms with E-state index in [2.05, 4.69) is 10.9 Å². The molecule has 0 aliphatic carbocycles. The summed E-state index contributed by atoms with van der Waals surface area (Å²) >= 11 is 0. The molecule has 1 nitrogen and oxygen atoms in total. The van der Waals surface area contributed by atoms with Crippen LogP contribution in [-0.4, -0.2) is 4.98 Å². The van der Waals surface area contributed by atoms with Crippen LogP contribution in [0.2, 0.25) is 0 Å². The second-order valence-electron chi connectivity index (χ2n) is 3.19. The Morgan fingerprint density at radius 2 is 1.94 bits per heavy atom. The highest BCUT2D eigenvalue weighted by Gasteiger charge is 2.09. The van der Waals surface area contributed by atoms with Crippen LogP contribution in [0.25, 0.3) is 11.1 Å². The molecule has 0 bridgehead atoms. The molecule has 1 aromatic heterocycles. The van der Waals surface area contributed by atoms with E-state index in [4.69, 9.17) is 6.42 Å². The van der Waals surface area contributed by atoms with E-state index in [9.17, 15) is 8.78 Å². The number of hydrogen-bond donors (Lipinski definition) is 0. The quantitative estimate of drug-likeness (QED) is 0.666. The zero-order valence-electron chi connectivity index (χ0n) is 8.24. The topological polar surface area (TPSA) is 12.9 Å². The van der Waals surface area contributed by atoms with E-state index in [0.717, 1.165) is 18.2 Å². The lowest BCUT2D eigenvalue weighted by molar-refractivity contribution is 0.603. The number of benzene rings is 1. The fourth-order valence-corrected chi connectivity index (χ4v) is 1.44. The summed E-state index contributed by atoms with van der Waals surface area (Å²) in [5.74, 6) is 1.38. The largest absolute Gasteiger partial charge is 0.264 e. The lowest BCUT2D eigenvalue weighted by atomic mass is 10.0. The third kappa shape index (κ3) is 1.78. The van der Waals surface area contributed by atoms with Crippen molar-refractivity contribution in [1.82, 2.24) is 4.98 Å². The zero-order chi connectivity index (χ0) is 11.5. The molecule has 0 atom stereocenters. The number of rotatable bonds is 1. The van der Waals surface area contributed by atoms with Gasteiger partial charge in [-0.1, -0.05) is 5.92 Å². The van der Waals surface area contributed by atoms with E-state index in [-0.39, 0.29) is 5.56 Å². The van der Waals surface area contributed by atoms with Gasteiger partial charge in [-0.15, -0.1) is 6.42 Å². The lowest BCUT2D eigenvalue weighted by Crippen LogP contribution is -1.90. The minimum absolute atomic E-state index is 0.126. The maximum Gasteiger partial charge on any atom is 0.131 e. The summed E-state index contributed by atoms with van der Waals surface area (Å²) in [4.78, 5) is 3.86. The van der Waals surface area contributed by atoms with Crippen LogP contribution >= 0.6 is 0 Å². The van der Waals surface area contributed by atoms with Crippen molar-refractivity contribution >= 4 is 0 Å². The van der Waals surface area contributed by atoms with Crippen LogP contribution in [0.15, 0.2) is 36.7 Å². The van der Waals surface area contributed by atoms with Gasteiger partial charge in [0.25, 0.3) is 0 Å². The van der Waals surface area contributed by atoms with Crippen molar-refractivity contribution in [3.8, 4) is 23.5 Å². The molecule has 2 rings (SSSR count). The van der Waals surface area contributed by atoms with E-state index in [0.29, 0.717) is 11.1 Å². The smallest absolute Gasteiger partial charge is 0.131 e. The first kappa shape index (κ1) is 10.3. The van der Waals surface area contributed by atoms with Gasteiger partial charge in [0.1, 0.15) is 11.6 Å². The SMILES string of the molecule is C#Cc1ccncc1-c1cc(F)ccc1F. The van der Waals surface area contributed by atoms with Crippen molar-refractivity contribution in [2.75, 3.05) is 0 Å². The molecule has 0 spiro atoms. The average Bonchev–Trinajstić information content (AvgIpc) is 2.32. The van der Waals surface area contributed by atoms with Crippen molar-refractivity contribution in [3.05, 3.63) is 53.9 Å². The predicted octanol–water partition coefficient (Wildman–Crippen LogP) is 3.01. The first-order valence-corrected chi connectivity index (χ1v) is 4.58. The van der Waals surface area contributed by atoms with Gasteiger partial charge < -0.3 is 0 Å². The normalized spacial score (nSPS) is 9.81. The van der Waals surface area contributed by atoms with Crippen molar-refractivity contribution in [3.63, 3.8) is 0 Å². The number of halogens is 2. The second-order valence-corrected chi connectivity index (χ2v) is 3.19. The summed E-state index contributed by atoms with van der Waals surface area (Å²) in [6.45, 7) is 0. The monoisotopic (exact) mass is 215 g/mol. The Bertz CT molecular complexity index is 570. The second kappa shape index (κ2) is 4.11. The van der Waals surface area contributed by atoms with Gasteiger partial charge in [-0.3, -0.25) is 4.98 Å². The Labute approximate surface area is 91.8 Å². The molecular weight excluding hydrogens is 208 g/mol. The first-order valence-electron chi connectivity index (χ1n) is 4.58. The van der Waals surface area contributed by atoms with E-state index >= 15 is 0 Å². The Balaban J connectivity index is 2.68. The van der Waals surface area contributed by atoms with Gasteiger partial charge in [-0.2, -0.15) is 0 Å². The fraction of sp³-hybridized carbons (Fsp3) is 0. The molecule has 0 unspecified atom stereocenters. The Hall–Kier alpha value is -2.21. The summed E-state index contributed by atoms with van der Waals surface area (Å²) < 4.78 is 26.5. The molecule has 16 heavy (non-hydrogen) atoms. The molecule has 1 heterocycles. The number of terminal acetylenes is 1. The van der Waals surface area contributed by atoms with Crippen molar-refractivity contribution in [2.45, 2.75) is 0 Å².